The van der Waals surface area contributed by atoms with Gasteiger partial charge in [-0.05, 0) is 18.6 Å². The van der Waals surface area contributed by atoms with Gasteiger partial charge in [0.05, 0.1) is 5.56 Å². The summed E-state index contributed by atoms with van der Waals surface area (Å²) in [5.41, 5.74) is 0.369. The van der Waals surface area contributed by atoms with E-state index in [4.69, 9.17) is 4.74 Å². The van der Waals surface area contributed by atoms with Crippen LogP contribution in [-0.2, 0) is 0 Å². The van der Waals surface area contributed by atoms with E-state index in [1.54, 1.807) is 24.3 Å². The van der Waals surface area contributed by atoms with E-state index in [-0.39, 0.29) is 5.75 Å². The Labute approximate surface area is 94.6 Å². The van der Waals surface area contributed by atoms with Crippen molar-refractivity contribution >= 4 is 12.4 Å². The molecular formula is C12H15NO3. The summed E-state index contributed by atoms with van der Waals surface area (Å²) in [4.78, 5) is 22.0. The third-order valence-corrected chi connectivity index (χ3v) is 2.05. The van der Waals surface area contributed by atoms with Crippen LogP contribution >= 0.6 is 0 Å². The minimum absolute atomic E-state index is 0.284. The van der Waals surface area contributed by atoms with Crippen molar-refractivity contribution in [3.05, 3.63) is 29.8 Å². The van der Waals surface area contributed by atoms with Gasteiger partial charge in [-0.1, -0.05) is 25.5 Å². The first kappa shape index (κ1) is 12.2. The molecule has 0 saturated carbocycles. The highest BCUT2D eigenvalue weighted by Gasteiger charge is 2.06. The number of unbranched alkanes of at least 4 members (excludes halogenated alkanes) is 1. The molecule has 0 aliphatic rings. The molecule has 0 aliphatic heterocycles. The number of aldehydes is 1. The van der Waals surface area contributed by atoms with Crippen LogP contribution in [0, 0.1) is 0 Å². The van der Waals surface area contributed by atoms with Gasteiger partial charge in [0.2, 0.25) is 0 Å². The van der Waals surface area contributed by atoms with Crippen molar-refractivity contribution in [1.29, 1.82) is 0 Å². The predicted molar refractivity (Wildman–Crippen MR) is 60.8 cm³/mol. The summed E-state index contributed by atoms with van der Waals surface area (Å²) < 4.78 is 5.00. The number of hydrogen-bond donors (Lipinski definition) is 1. The van der Waals surface area contributed by atoms with E-state index >= 15 is 0 Å². The molecule has 1 amide bonds. The van der Waals surface area contributed by atoms with E-state index < -0.39 is 6.09 Å². The lowest BCUT2D eigenvalue weighted by Crippen LogP contribution is -2.27. The second kappa shape index (κ2) is 6.61. The Balaban J connectivity index is 2.52. The lowest BCUT2D eigenvalue weighted by atomic mass is 10.2. The van der Waals surface area contributed by atoms with Gasteiger partial charge in [-0.25, -0.2) is 4.79 Å². The fourth-order valence-corrected chi connectivity index (χ4v) is 1.17. The van der Waals surface area contributed by atoms with Gasteiger partial charge in [0, 0.05) is 6.54 Å². The standard InChI is InChI=1S/C12H15NO3/c1-2-3-8-13-12(15)16-11-7-5-4-6-10(11)9-14/h4-7,9H,2-3,8H2,1H3,(H,13,15). The summed E-state index contributed by atoms with van der Waals surface area (Å²) in [5.74, 6) is 0.284. The molecule has 0 aromatic heterocycles. The van der Waals surface area contributed by atoms with Gasteiger partial charge in [-0.15, -0.1) is 0 Å². The maximum atomic E-state index is 11.3. The van der Waals surface area contributed by atoms with Crippen molar-refractivity contribution < 1.29 is 14.3 Å². The molecule has 0 fully saturated rings. The Morgan fingerprint density at radius 3 is 2.88 bits per heavy atom. The highest BCUT2D eigenvalue weighted by molar-refractivity contribution is 5.81. The number of amides is 1. The van der Waals surface area contributed by atoms with Gasteiger partial charge in [0.25, 0.3) is 0 Å². The van der Waals surface area contributed by atoms with Gasteiger partial charge in [0.15, 0.2) is 6.29 Å². The van der Waals surface area contributed by atoms with Gasteiger partial charge < -0.3 is 10.1 Å². The SMILES string of the molecule is CCCCNC(=O)Oc1ccccc1C=O. The van der Waals surface area contributed by atoms with Crippen molar-refractivity contribution in [2.24, 2.45) is 0 Å². The van der Waals surface area contributed by atoms with E-state index in [1.807, 2.05) is 6.92 Å². The van der Waals surface area contributed by atoms with Gasteiger partial charge in [-0.3, -0.25) is 4.79 Å². The molecule has 0 radical (unpaired) electrons. The zero-order valence-electron chi connectivity index (χ0n) is 9.23. The third kappa shape index (κ3) is 3.73. The second-order valence-electron chi connectivity index (χ2n) is 3.33. The first-order valence-electron chi connectivity index (χ1n) is 5.27. The number of carbonyl (C=O) groups excluding carboxylic acids is 2. The summed E-state index contributed by atoms with van der Waals surface area (Å²) in [6.07, 6.45) is 2.05. The fraction of sp³-hybridized carbons (Fsp3) is 0.333. The lowest BCUT2D eigenvalue weighted by Gasteiger charge is -2.07. The van der Waals surface area contributed by atoms with Crippen molar-refractivity contribution in [3.63, 3.8) is 0 Å². The highest BCUT2D eigenvalue weighted by atomic mass is 16.6. The number of rotatable bonds is 5. The van der Waals surface area contributed by atoms with Crippen LogP contribution in [0.4, 0.5) is 4.79 Å². The molecule has 0 saturated heterocycles. The normalized spacial score (nSPS) is 9.56. The molecule has 0 bridgehead atoms. The molecule has 1 rings (SSSR count). The number of ether oxygens (including phenoxy) is 1. The smallest absolute Gasteiger partial charge is 0.410 e. The monoisotopic (exact) mass is 221 g/mol. The number of para-hydroxylation sites is 1. The number of carbonyl (C=O) groups is 2. The molecule has 0 unspecified atom stereocenters. The highest BCUT2D eigenvalue weighted by Crippen LogP contribution is 2.15. The Bertz CT molecular complexity index is 363. The van der Waals surface area contributed by atoms with E-state index in [2.05, 4.69) is 5.32 Å². The molecule has 16 heavy (non-hydrogen) atoms. The quantitative estimate of drug-likeness (QED) is 0.613. The zero-order chi connectivity index (χ0) is 11.8. The minimum atomic E-state index is -0.525. The van der Waals surface area contributed by atoms with Crippen LogP contribution in [-0.4, -0.2) is 18.9 Å². The lowest BCUT2D eigenvalue weighted by molar-refractivity contribution is 0.112. The fourth-order valence-electron chi connectivity index (χ4n) is 1.17. The van der Waals surface area contributed by atoms with Crippen molar-refractivity contribution in [3.8, 4) is 5.75 Å². The van der Waals surface area contributed by atoms with Crippen LogP contribution in [0.3, 0.4) is 0 Å². The average Bonchev–Trinajstić information content (AvgIpc) is 2.30. The number of benzene rings is 1. The summed E-state index contributed by atoms with van der Waals surface area (Å²) in [7, 11) is 0. The molecule has 4 nitrogen and oxygen atoms in total. The van der Waals surface area contributed by atoms with Gasteiger partial charge >= 0.3 is 6.09 Å². The molecule has 0 aliphatic carbocycles. The van der Waals surface area contributed by atoms with Crippen LogP contribution in [0.5, 0.6) is 5.75 Å². The molecule has 0 spiro atoms. The predicted octanol–water partition coefficient (Wildman–Crippen LogP) is 2.39. The first-order chi connectivity index (χ1) is 7.77. The van der Waals surface area contributed by atoms with E-state index in [1.165, 1.54) is 0 Å². The molecular weight excluding hydrogens is 206 g/mol. The molecule has 4 heteroatoms. The summed E-state index contributed by atoms with van der Waals surface area (Å²) in [6.45, 7) is 2.62. The van der Waals surface area contributed by atoms with Crippen LogP contribution in [0.25, 0.3) is 0 Å². The topological polar surface area (TPSA) is 55.4 Å². The van der Waals surface area contributed by atoms with Crippen LogP contribution < -0.4 is 10.1 Å². The summed E-state index contributed by atoms with van der Waals surface area (Å²) in [5, 5.41) is 2.61. The largest absolute Gasteiger partial charge is 0.412 e. The summed E-state index contributed by atoms with van der Waals surface area (Å²) in [6, 6.07) is 6.61. The van der Waals surface area contributed by atoms with Crippen molar-refractivity contribution in [2.75, 3.05) is 6.54 Å². The Hall–Kier alpha value is -1.84. The van der Waals surface area contributed by atoms with Gasteiger partial charge in [0.1, 0.15) is 5.75 Å². The van der Waals surface area contributed by atoms with Crippen LogP contribution in [0.15, 0.2) is 24.3 Å². The van der Waals surface area contributed by atoms with E-state index in [0.29, 0.717) is 18.4 Å². The van der Waals surface area contributed by atoms with Crippen molar-refractivity contribution in [1.82, 2.24) is 5.32 Å². The third-order valence-electron chi connectivity index (χ3n) is 2.05. The van der Waals surface area contributed by atoms with Gasteiger partial charge in [-0.2, -0.15) is 0 Å². The zero-order valence-corrected chi connectivity index (χ0v) is 9.23. The van der Waals surface area contributed by atoms with E-state index in [0.717, 1.165) is 12.8 Å². The minimum Gasteiger partial charge on any atom is -0.410 e. The van der Waals surface area contributed by atoms with Crippen LogP contribution in [0.2, 0.25) is 0 Å². The summed E-state index contributed by atoms with van der Waals surface area (Å²) >= 11 is 0. The van der Waals surface area contributed by atoms with Crippen LogP contribution in [0.1, 0.15) is 30.1 Å². The number of hydrogen-bond acceptors (Lipinski definition) is 3. The molecule has 1 aromatic rings. The molecule has 1 N–H and O–H groups in total. The second-order valence-corrected chi connectivity index (χ2v) is 3.33. The molecule has 1 aromatic carbocycles. The average molecular weight is 221 g/mol. The molecule has 86 valence electrons. The first-order valence-corrected chi connectivity index (χ1v) is 5.27. The maximum Gasteiger partial charge on any atom is 0.412 e. The Morgan fingerprint density at radius 2 is 2.19 bits per heavy atom. The molecule has 0 atom stereocenters. The Kier molecular flexibility index (Phi) is 5.05. The maximum absolute atomic E-state index is 11.3. The number of nitrogens with one attached hydrogen (secondary N) is 1. The van der Waals surface area contributed by atoms with E-state index in [9.17, 15) is 9.59 Å². The molecule has 0 heterocycles. The van der Waals surface area contributed by atoms with Crippen molar-refractivity contribution in [2.45, 2.75) is 19.8 Å². The Morgan fingerprint density at radius 1 is 1.44 bits per heavy atom.